The van der Waals surface area contributed by atoms with E-state index in [1.54, 1.807) is 28.9 Å². The molecule has 17 heavy (non-hydrogen) atoms. The Kier molecular flexibility index (Phi) is 4.13. The van der Waals surface area contributed by atoms with Gasteiger partial charge >= 0.3 is 0 Å². The molecular weight excluding hydrogens is 248 g/mol. The van der Waals surface area contributed by atoms with Crippen LogP contribution < -0.4 is 0 Å². The summed E-state index contributed by atoms with van der Waals surface area (Å²) in [6.45, 7) is 5.62. The van der Waals surface area contributed by atoms with Crippen molar-refractivity contribution in [1.29, 1.82) is 0 Å². The second kappa shape index (κ2) is 5.61. The summed E-state index contributed by atoms with van der Waals surface area (Å²) >= 11 is 3.32. The van der Waals surface area contributed by atoms with E-state index < -0.39 is 0 Å². The molecule has 1 unspecified atom stereocenters. The van der Waals surface area contributed by atoms with Crippen molar-refractivity contribution in [3.8, 4) is 0 Å². The van der Waals surface area contributed by atoms with Crippen LogP contribution in [0.25, 0.3) is 0 Å². The topological polar surface area (TPSA) is 17.1 Å². The average molecular weight is 262 g/mol. The third kappa shape index (κ3) is 2.85. The van der Waals surface area contributed by atoms with Crippen molar-refractivity contribution in [2.24, 2.45) is 0 Å². The minimum absolute atomic E-state index is 0.245. The summed E-state index contributed by atoms with van der Waals surface area (Å²) in [5.74, 6) is 0.252. The predicted molar refractivity (Wildman–Crippen MR) is 76.9 cm³/mol. The first-order valence-electron chi connectivity index (χ1n) is 5.45. The summed E-state index contributed by atoms with van der Waals surface area (Å²) in [5.41, 5.74) is 2.10. The van der Waals surface area contributed by atoms with E-state index in [9.17, 15) is 4.79 Å². The lowest BCUT2D eigenvalue weighted by Gasteiger charge is -2.23. The molecule has 1 heterocycles. The van der Waals surface area contributed by atoms with Crippen LogP contribution in [0.1, 0.15) is 24.2 Å². The van der Waals surface area contributed by atoms with E-state index in [0.29, 0.717) is 6.42 Å². The summed E-state index contributed by atoms with van der Waals surface area (Å²) in [7, 11) is 0. The summed E-state index contributed by atoms with van der Waals surface area (Å²) in [6, 6.07) is 10.2. The van der Waals surface area contributed by atoms with E-state index >= 15 is 0 Å². The highest BCUT2D eigenvalue weighted by Gasteiger charge is 2.26. The number of ketones is 1. The SMILES string of the molecule is C=CSC1=C(C)C(=O)CC(c2ccccc2)S1. The Balaban J connectivity index is 2.25. The van der Waals surface area contributed by atoms with Gasteiger partial charge in [0.1, 0.15) is 0 Å². The second-order valence-corrected chi connectivity index (χ2v) is 6.29. The van der Waals surface area contributed by atoms with Crippen molar-refractivity contribution in [1.82, 2.24) is 0 Å². The third-order valence-electron chi connectivity index (χ3n) is 2.71. The standard InChI is InChI=1S/C14H14OS2/c1-3-16-14-10(2)12(15)9-13(17-14)11-7-5-4-6-8-11/h3-8,13H,1,9H2,2H3. The van der Waals surface area contributed by atoms with Crippen LogP contribution in [-0.2, 0) is 4.79 Å². The lowest BCUT2D eigenvalue weighted by Crippen LogP contribution is -2.11. The zero-order chi connectivity index (χ0) is 12.3. The number of thioether (sulfide) groups is 2. The second-order valence-electron chi connectivity index (χ2n) is 3.84. The van der Waals surface area contributed by atoms with Gasteiger partial charge in [0.05, 0.1) is 4.24 Å². The maximum absolute atomic E-state index is 11.9. The van der Waals surface area contributed by atoms with Gasteiger partial charge in [-0.3, -0.25) is 4.79 Å². The lowest BCUT2D eigenvalue weighted by atomic mass is 10.0. The molecule has 1 aromatic carbocycles. The first-order valence-corrected chi connectivity index (χ1v) is 7.21. The Morgan fingerprint density at radius 1 is 1.41 bits per heavy atom. The Bertz CT molecular complexity index is 462. The van der Waals surface area contributed by atoms with Crippen molar-refractivity contribution in [2.45, 2.75) is 18.6 Å². The molecule has 1 aliphatic rings. The molecule has 88 valence electrons. The van der Waals surface area contributed by atoms with Crippen molar-refractivity contribution in [2.75, 3.05) is 0 Å². The molecule has 0 N–H and O–H groups in total. The number of benzene rings is 1. The fraction of sp³-hybridized carbons (Fsp3) is 0.214. The molecule has 2 rings (SSSR count). The van der Waals surface area contributed by atoms with Crippen LogP contribution in [0.4, 0.5) is 0 Å². The molecule has 1 nitrogen and oxygen atoms in total. The minimum atomic E-state index is 0.245. The number of hydrogen-bond acceptors (Lipinski definition) is 3. The highest BCUT2D eigenvalue weighted by Crippen LogP contribution is 2.48. The van der Waals surface area contributed by atoms with E-state index in [0.717, 1.165) is 9.81 Å². The fourth-order valence-electron chi connectivity index (χ4n) is 1.74. The maximum Gasteiger partial charge on any atom is 0.161 e. The molecule has 0 fully saturated rings. The summed E-state index contributed by atoms with van der Waals surface area (Å²) in [6.07, 6.45) is 0.599. The summed E-state index contributed by atoms with van der Waals surface area (Å²) < 4.78 is 1.09. The Hall–Kier alpha value is -0.930. The van der Waals surface area contributed by atoms with Crippen molar-refractivity contribution in [3.63, 3.8) is 0 Å². The molecule has 0 bridgehead atoms. The third-order valence-corrected chi connectivity index (χ3v) is 5.21. The first-order chi connectivity index (χ1) is 8.22. The molecule has 0 saturated heterocycles. The highest BCUT2D eigenvalue weighted by molar-refractivity contribution is 8.23. The van der Waals surface area contributed by atoms with Crippen LogP contribution >= 0.6 is 23.5 Å². The Morgan fingerprint density at radius 3 is 2.76 bits per heavy atom. The van der Waals surface area contributed by atoms with Crippen LogP contribution in [-0.4, -0.2) is 5.78 Å². The van der Waals surface area contributed by atoms with E-state index in [1.165, 1.54) is 5.56 Å². The smallest absolute Gasteiger partial charge is 0.161 e. The van der Waals surface area contributed by atoms with Crippen LogP contribution in [0, 0.1) is 0 Å². The number of carbonyl (C=O) groups excluding carboxylic acids is 1. The molecule has 0 aromatic heterocycles. The van der Waals surface area contributed by atoms with Crippen LogP contribution in [0.2, 0.25) is 0 Å². The molecular formula is C14H14OS2. The van der Waals surface area contributed by atoms with Crippen LogP contribution in [0.5, 0.6) is 0 Å². The Labute approximate surface area is 110 Å². The lowest BCUT2D eigenvalue weighted by molar-refractivity contribution is -0.115. The van der Waals surface area contributed by atoms with Gasteiger partial charge in [-0.25, -0.2) is 0 Å². The molecule has 0 amide bonds. The number of carbonyl (C=O) groups is 1. The molecule has 0 spiro atoms. The molecule has 1 aromatic rings. The van der Waals surface area contributed by atoms with Gasteiger partial charge in [-0.15, -0.1) is 11.8 Å². The van der Waals surface area contributed by atoms with Gasteiger partial charge in [0.25, 0.3) is 0 Å². The zero-order valence-electron chi connectivity index (χ0n) is 9.68. The summed E-state index contributed by atoms with van der Waals surface area (Å²) in [5, 5.41) is 2.03. The predicted octanol–water partition coefficient (Wildman–Crippen LogP) is 4.54. The first kappa shape index (κ1) is 12.5. The number of allylic oxidation sites excluding steroid dienone is 1. The molecule has 1 aliphatic heterocycles. The minimum Gasteiger partial charge on any atom is -0.294 e. The monoisotopic (exact) mass is 262 g/mol. The highest BCUT2D eigenvalue weighted by atomic mass is 32.2. The average Bonchev–Trinajstić information content (AvgIpc) is 2.36. The van der Waals surface area contributed by atoms with E-state index in [4.69, 9.17) is 0 Å². The van der Waals surface area contributed by atoms with Gasteiger partial charge in [0.2, 0.25) is 0 Å². The van der Waals surface area contributed by atoms with Gasteiger partial charge in [0.15, 0.2) is 5.78 Å². The molecule has 3 heteroatoms. The molecule has 1 atom stereocenters. The number of rotatable bonds is 3. The van der Waals surface area contributed by atoms with Gasteiger partial charge in [-0.2, -0.15) is 0 Å². The molecule has 0 aliphatic carbocycles. The van der Waals surface area contributed by atoms with E-state index in [1.807, 2.05) is 25.1 Å². The van der Waals surface area contributed by atoms with E-state index in [-0.39, 0.29) is 11.0 Å². The largest absolute Gasteiger partial charge is 0.294 e. The maximum atomic E-state index is 11.9. The quantitative estimate of drug-likeness (QED) is 0.796. The normalized spacial score (nSPS) is 20.5. The molecule has 0 saturated carbocycles. The van der Waals surface area contributed by atoms with Crippen LogP contribution in [0.3, 0.4) is 0 Å². The van der Waals surface area contributed by atoms with Gasteiger partial charge in [0, 0.05) is 17.2 Å². The van der Waals surface area contributed by atoms with Gasteiger partial charge in [-0.05, 0) is 17.9 Å². The number of hydrogen-bond donors (Lipinski definition) is 0. The van der Waals surface area contributed by atoms with Crippen molar-refractivity contribution >= 4 is 29.3 Å². The van der Waals surface area contributed by atoms with Crippen LogP contribution in [0.15, 0.2) is 52.1 Å². The van der Waals surface area contributed by atoms with Gasteiger partial charge < -0.3 is 0 Å². The summed E-state index contributed by atoms with van der Waals surface area (Å²) in [4.78, 5) is 11.9. The Morgan fingerprint density at radius 2 is 2.12 bits per heavy atom. The fourth-order valence-corrected chi connectivity index (χ4v) is 4.03. The number of Topliss-reactive ketones (excluding diaryl/α,β-unsaturated/α-hetero) is 1. The van der Waals surface area contributed by atoms with Crippen molar-refractivity contribution < 1.29 is 4.79 Å². The zero-order valence-corrected chi connectivity index (χ0v) is 11.3. The van der Waals surface area contributed by atoms with Gasteiger partial charge in [-0.1, -0.05) is 48.7 Å². The molecule has 0 radical (unpaired) electrons. The van der Waals surface area contributed by atoms with E-state index in [2.05, 4.69) is 18.7 Å². The van der Waals surface area contributed by atoms with Crippen molar-refractivity contribution in [3.05, 3.63) is 57.7 Å².